The number of rotatable bonds is 4. The van der Waals surface area contributed by atoms with Crippen molar-refractivity contribution in [2.45, 2.75) is 6.42 Å². The summed E-state index contributed by atoms with van der Waals surface area (Å²) in [5.41, 5.74) is 0. The van der Waals surface area contributed by atoms with E-state index in [1.165, 1.54) is 12.7 Å². The van der Waals surface area contributed by atoms with E-state index in [0.717, 1.165) is 11.6 Å². The average molecular weight is 201 g/mol. The van der Waals surface area contributed by atoms with Gasteiger partial charge >= 0.3 is 0 Å². The zero-order valence-electron chi connectivity index (χ0n) is 8.21. The van der Waals surface area contributed by atoms with Crippen LogP contribution >= 0.6 is 0 Å². The van der Waals surface area contributed by atoms with Crippen LogP contribution in [0.1, 0.15) is 5.82 Å². The van der Waals surface area contributed by atoms with Crippen molar-refractivity contribution in [1.29, 1.82) is 0 Å². The smallest absolute Gasteiger partial charge is 0.135 e. The monoisotopic (exact) mass is 201 g/mol. The minimum atomic E-state index is 0.577. The summed E-state index contributed by atoms with van der Waals surface area (Å²) in [4.78, 5) is 11.8. The quantitative estimate of drug-likeness (QED) is 0.752. The van der Waals surface area contributed by atoms with E-state index in [9.17, 15) is 0 Å². The molecule has 4 heteroatoms. The fourth-order valence-corrected chi connectivity index (χ4v) is 1.17. The van der Waals surface area contributed by atoms with Crippen LogP contribution in [-0.4, -0.2) is 21.6 Å². The van der Waals surface area contributed by atoms with Crippen molar-refractivity contribution in [3.63, 3.8) is 0 Å². The van der Waals surface area contributed by atoms with Gasteiger partial charge in [-0.1, -0.05) is 18.2 Å². The van der Waals surface area contributed by atoms with E-state index in [1.54, 1.807) is 0 Å². The fraction of sp³-hybridized carbons (Fsp3) is 0.182. The number of benzene rings is 1. The van der Waals surface area contributed by atoms with E-state index < -0.39 is 0 Å². The number of para-hydroxylation sites is 1. The van der Waals surface area contributed by atoms with Gasteiger partial charge in [0, 0.05) is 6.42 Å². The summed E-state index contributed by atoms with van der Waals surface area (Å²) in [5, 5.41) is 0. The van der Waals surface area contributed by atoms with Crippen LogP contribution in [0.5, 0.6) is 5.75 Å². The number of ether oxygens (including phenoxy) is 1. The molecule has 0 N–H and O–H groups in total. The lowest BCUT2D eigenvalue weighted by atomic mass is 10.3. The summed E-state index contributed by atoms with van der Waals surface area (Å²) in [6, 6.07) is 9.69. The third-order valence-corrected chi connectivity index (χ3v) is 1.88. The molecule has 0 atom stereocenters. The second-order valence-electron chi connectivity index (χ2n) is 2.97. The molecule has 4 nitrogen and oxygen atoms in total. The van der Waals surface area contributed by atoms with Gasteiger partial charge in [-0.15, -0.1) is 0 Å². The van der Waals surface area contributed by atoms with Gasteiger partial charge in [0.25, 0.3) is 0 Å². The van der Waals surface area contributed by atoms with Gasteiger partial charge in [-0.05, 0) is 12.1 Å². The maximum Gasteiger partial charge on any atom is 0.135 e. The fourth-order valence-electron chi connectivity index (χ4n) is 1.17. The first-order valence-electron chi connectivity index (χ1n) is 4.74. The molecule has 0 fully saturated rings. The first-order chi connectivity index (χ1) is 7.45. The van der Waals surface area contributed by atoms with Crippen molar-refractivity contribution in [2.75, 3.05) is 6.61 Å². The molecule has 0 amide bonds. The molecule has 0 spiro atoms. The van der Waals surface area contributed by atoms with E-state index in [0.29, 0.717) is 13.0 Å². The van der Waals surface area contributed by atoms with E-state index in [4.69, 9.17) is 4.74 Å². The molecule has 0 aliphatic carbocycles. The summed E-state index contributed by atoms with van der Waals surface area (Å²) < 4.78 is 5.51. The zero-order chi connectivity index (χ0) is 10.3. The molecule has 15 heavy (non-hydrogen) atoms. The van der Waals surface area contributed by atoms with Crippen molar-refractivity contribution in [3.8, 4) is 5.75 Å². The van der Waals surface area contributed by atoms with Gasteiger partial charge in [0.1, 0.15) is 24.2 Å². The summed E-state index contributed by atoms with van der Waals surface area (Å²) in [5.74, 6) is 1.62. The molecular formula is C11H11N3O. The Balaban J connectivity index is 1.81. The number of hydrogen-bond acceptors (Lipinski definition) is 4. The normalized spacial score (nSPS) is 9.87. The topological polar surface area (TPSA) is 47.9 Å². The zero-order valence-corrected chi connectivity index (χ0v) is 8.21. The largest absolute Gasteiger partial charge is 0.493 e. The van der Waals surface area contributed by atoms with Gasteiger partial charge in [0.05, 0.1) is 6.61 Å². The molecule has 0 aliphatic rings. The third-order valence-electron chi connectivity index (χ3n) is 1.88. The van der Waals surface area contributed by atoms with Gasteiger partial charge < -0.3 is 4.74 Å². The lowest BCUT2D eigenvalue weighted by Gasteiger charge is -2.04. The first-order valence-corrected chi connectivity index (χ1v) is 4.74. The van der Waals surface area contributed by atoms with Gasteiger partial charge in [0.15, 0.2) is 0 Å². The maximum absolute atomic E-state index is 5.51. The van der Waals surface area contributed by atoms with Crippen LogP contribution in [0.3, 0.4) is 0 Å². The van der Waals surface area contributed by atoms with Crippen LogP contribution in [0.4, 0.5) is 0 Å². The Kier molecular flexibility index (Phi) is 3.22. The summed E-state index contributed by atoms with van der Waals surface area (Å²) in [6.45, 7) is 0.577. The predicted molar refractivity (Wildman–Crippen MR) is 55.5 cm³/mol. The molecule has 1 heterocycles. The Morgan fingerprint density at radius 1 is 1.00 bits per heavy atom. The molecule has 2 rings (SSSR count). The molecule has 1 aromatic carbocycles. The number of hydrogen-bond donors (Lipinski definition) is 0. The molecule has 0 radical (unpaired) electrons. The maximum atomic E-state index is 5.51. The van der Waals surface area contributed by atoms with E-state index in [-0.39, 0.29) is 0 Å². The Hall–Kier alpha value is -1.97. The molecule has 0 aliphatic heterocycles. The van der Waals surface area contributed by atoms with Gasteiger partial charge in [-0.3, -0.25) is 0 Å². The molecule has 1 aromatic heterocycles. The predicted octanol–water partition coefficient (Wildman–Crippen LogP) is 1.49. The van der Waals surface area contributed by atoms with E-state index >= 15 is 0 Å². The first kappa shape index (κ1) is 9.58. The average Bonchev–Trinajstić information content (AvgIpc) is 2.32. The lowest BCUT2D eigenvalue weighted by molar-refractivity contribution is 0.318. The van der Waals surface area contributed by atoms with Crippen LogP contribution in [0.25, 0.3) is 0 Å². The van der Waals surface area contributed by atoms with Crippen molar-refractivity contribution < 1.29 is 4.74 Å². The van der Waals surface area contributed by atoms with Crippen molar-refractivity contribution in [3.05, 3.63) is 48.8 Å². The lowest BCUT2D eigenvalue weighted by Crippen LogP contribution is -2.04. The van der Waals surface area contributed by atoms with Crippen LogP contribution in [0.15, 0.2) is 43.0 Å². The highest BCUT2D eigenvalue weighted by Crippen LogP contribution is 2.08. The minimum Gasteiger partial charge on any atom is -0.493 e. The molecule has 0 saturated carbocycles. The van der Waals surface area contributed by atoms with Gasteiger partial charge in [-0.25, -0.2) is 15.0 Å². The molecular weight excluding hydrogens is 190 g/mol. The Morgan fingerprint density at radius 3 is 2.47 bits per heavy atom. The third kappa shape index (κ3) is 3.02. The van der Waals surface area contributed by atoms with E-state index in [1.807, 2.05) is 30.3 Å². The highest BCUT2D eigenvalue weighted by molar-refractivity contribution is 5.20. The SMILES string of the molecule is c1ccc(OCCc2ncncn2)cc1. The molecule has 76 valence electrons. The number of aromatic nitrogens is 3. The van der Waals surface area contributed by atoms with Crippen molar-refractivity contribution in [2.24, 2.45) is 0 Å². The van der Waals surface area contributed by atoms with Crippen LogP contribution in [0.2, 0.25) is 0 Å². The number of nitrogens with zero attached hydrogens (tertiary/aromatic N) is 3. The summed E-state index contributed by atoms with van der Waals surface area (Å²) in [7, 11) is 0. The Bertz CT molecular complexity index is 352. The van der Waals surface area contributed by atoms with Gasteiger partial charge in [0.2, 0.25) is 0 Å². The molecule has 0 unspecified atom stereocenters. The summed E-state index contributed by atoms with van der Waals surface area (Å²) >= 11 is 0. The minimum absolute atomic E-state index is 0.577. The second kappa shape index (κ2) is 5.05. The van der Waals surface area contributed by atoms with Crippen LogP contribution in [-0.2, 0) is 6.42 Å². The molecule has 0 bridgehead atoms. The Morgan fingerprint density at radius 2 is 1.73 bits per heavy atom. The van der Waals surface area contributed by atoms with Crippen molar-refractivity contribution in [1.82, 2.24) is 15.0 Å². The molecule has 0 saturated heterocycles. The summed E-state index contributed by atoms with van der Waals surface area (Å²) in [6.07, 6.45) is 3.67. The van der Waals surface area contributed by atoms with Crippen LogP contribution < -0.4 is 4.74 Å². The van der Waals surface area contributed by atoms with Crippen LogP contribution in [0, 0.1) is 0 Å². The van der Waals surface area contributed by atoms with Gasteiger partial charge in [-0.2, -0.15) is 0 Å². The van der Waals surface area contributed by atoms with E-state index in [2.05, 4.69) is 15.0 Å². The highest BCUT2D eigenvalue weighted by atomic mass is 16.5. The molecule has 2 aromatic rings. The Labute approximate surface area is 88.0 Å². The highest BCUT2D eigenvalue weighted by Gasteiger charge is 1.96. The van der Waals surface area contributed by atoms with Crippen molar-refractivity contribution >= 4 is 0 Å². The standard InChI is InChI=1S/C11H11N3O/c1-2-4-10(5-3-1)15-7-6-11-13-8-12-9-14-11/h1-5,8-9H,6-7H2. The second-order valence-corrected chi connectivity index (χ2v) is 2.97.